The third-order valence-corrected chi connectivity index (χ3v) is 6.49. The number of hydrogen-bond donors (Lipinski definition) is 0. The molecule has 180 valence electrons. The zero-order valence-electron chi connectivity index (χ0n) is 20.4. The fraction of sp³-hybridized carbons (Fsp3) is 0.269. The molecular weight excluding hydrogens is 466 g/mol. The molecule has 0 N–H and O–H groups in total. The maximum absolute atomic E-state index is 13.2. The molecule has 2 aromatic heterocycles. The van der Waals surface area contributed by atoms with Crippen LogP contribution in [-0.2, 0) is 9.47 Å². The molecule has 0 amide bonds. The molecule has 0 radical (unpaired) electrons. The number of aromatic nitrogens is 2. The van der Waals surface area contributed by atoms with Crippen molar-refractivity contribution < 1.29 is 23.9 Å². The molecule has 0 saturated heterocycles. The maximum atomic E-state index is 13.2. The number of pyridine rings is 1. The van der Waals surface area contributed by atoms with Gasteiger partial charge in [0.15, 0.2) is 5.78 Å². The number of thioether (sulfide) groups is 1. The molecule has 0 saturated carbocycles. The van der Waals surface area contributed by atoms with Crippen molar-refractivity contribution in [3.8, 4) is 11.8 Å². The Hall–Kier alpha value is -3.90. The van der Waals surface area contributed by atoms with E-state index in [4.69, 9.17) is 9.47 Å². The van der Waals surface area contributed by atoms with E-state index in [-0.39, 0.29) is 22.7 Å². The Bertz CT molecular complexity index is 1350. The number of ketones is 1. The molecule has 1 aromatic carbocycles. The minimum absolute atomic E-state index is 0.102. The van der Waals surface area contributed by atoms with E-state index in [1.165, 1.54) is 32.0 Å². The van der Waals surface area contributed by atoms with Gasteiger partial charge in [-0.2, -0.15) is 5.26 Å². The Morgan fingerprint density at radius 1 is 0.971 bits per heavy atom. The predicted molar refractivity (Wildman–Crippen MR) is 131 cm³/mol. The van der Waals surface area contributed by atoms with Gasteiger partial charge in [0, 0.05) is 28.3 Å². The van der Waals surface area contributed by atoms with Crippen LogP contribution >= 0.6 is 11.8 Å². The van der Waals surface area contributed by atoms with Gasteiger partial charge in [-0.05, 0) is 63.6 Å². The van der Waals surface area contributed by atoms with Gasteiger partial charge >= 0.3 is 11.9 Å². The maximum Gasteiger partial charge on any atom is 0.337 e. The number of carbonyl (C=O) groups is 3. The van der Waals surface area contributed by atoms with Crippen LogP contribution < -0.4 is 0 Å². The standard InChI is InChI=1S/C26H25N3O5S/c1-14-7-15(2)28-24(22(14)12-27)35-13-23(30)21-8-16(3)29(17(21)4)20-10-18(25(31)33-5)9-19(11-20)26(32)34-6/h7-11H,13H2,1-6H3. The predicted octanol–water partition coefficient (Wildman–Crippen LogP) is 4.53. The van der Waals surface area contributed by atoms with E-state index in [2.05, 4.69) is 11.1 Å². The zero-order chi connectivity index (χ0) is 25.9. The summed E-state index contributed by atoms with van der Waals surface area (Å²) in [5.74, 6) is -1.22. The lowest BCUT2D eigenvalue weighted by atomic mass is 10.1. The summed E-state index contributed by atoms with van der Waals surface area (Å²) in [6, 6.07) is 10.4. The van der Waals surface area contributed by atoms with Crippen molar-refractivity contribution in [2.45, 2.75) is 32.7 Å². The van der Waals surface area contributed by atoms with Gasteiger partial charge in [0.25, 0.3) is 0 Å². The van der Waals surface area contributed by atoms with E-state index in [0.717, 1.165) is 17.0 Å². The van der Waals surface area contributed by atoms with Crippen LogP contribution in [0.1, 0.15) is 59.3 Å². The van der Waals surface area contributed by atoms with Gasteiger partial charge in [0.1, 0.15) is 11.1 Å². The monoisotopic (exact) mass is 491 g/mol. The molecule has 0 fully saturated rings. The normalized spacial score (nSPS) is 10.5. The quantitative estimate of drug-likeness (QED) is 0.269. The fourth-order valence-electron chi connectivity index (χ4n) is 3.91. The van der Waals surface area contributed by atoms with Crippen molar-refractivity contribution in [3.63, 3.8) is 0 Å². The molecule has 2 heterocycles. The number of rotatable bonds is 7. The highest BCUT2D eigenvalue weighted by molar-refractivity contribution is 8.00. The van der Waals surface area contributed by atoms with E-state index in [1.54, 1.807) is 29.7 Å². The molecule has 35 heavy (non-hydrogen) atoms. The van der Waals surface area contributed by atoms with Crippen molar-refractivity contribution in [3.05, 3.63) is 75.2 Å². The van der Waals surface area contributed by atoms with Crippen molar-refractivity contribution >= 4 is 29.5 Å². The summed E-state index contributed by atoms with van der Waals surface area (Å²) in [6.07, 6.45) is 0. The fourth-order valence-corrected chi connectivity index (χ4v) is 4.89. The Morgan fingerprint density at radius 2 is 1.57 bits per heavy atom. The average molecular weight is 492 g/mol. The number of ether oxygens (including phenoxy) is 2. The van der Waals surface area contributed by atoms with Crippen molar-refractivity contribution in [2.75, 3.05) is 20.0 Å². The molecule has 3 aromatic rings. The largest absolute Gasteiger partial charge is 0.465 e. The minimum Gasteiger partial charge on any atom is -0.465 e. The first-order chi connectivity index (χ1) is 16.6. The summed E-state index contributed by atoms with van der Waals surface area (Å²) in [6.45, 7) is 7.32. The van der Waals surface area contributed by atoms with Gasteiger partial charge in [0.05, 0.1) is 36.7 Å². The van der Waals surface area contributed by atoms with Crippen LogP contribution in [0.15, 0.2) is 35.4 Å². The molecule has 0 bridgehead atoms. The van der Waals surface area contributed by atoms with Gasteiger partial charge in [-0.1, -0.05) is 11.8 Å². The summed E-state index contributed by atoms with van der Waals surface area (Å²) < 4.78 is 11.4. The minimum atomic E-state index is -0.596. The topological polar surface area (TPSA) is 111 Å². The Kier molecular flexibility index (Phi) is 7.77. The molecule has 8 nitrogen and oxygen atoms in total. The molecule has 0 unspecified atom stereocenters. The number of esters is 2. The number of carbonyl (C=O) groups excluding carboxylic acids is 3. The summed E-state index contributed by atoms with van der Waals surface area (Å²) in [5, 5.41) is 10.0. The van der Waals surface area contributed by atoms with Gasteiger partial charge < -0.3 is 14.0 Å². The van der Waals surface area contributed by atoms with Crippen LogP contribution in [0.5, 0.6) is 0 Å². The second-order valence-corrected chi connectivity index (χ2v) is 8.92. The van der Waals surface area contributed by atoms with Gasteiger partial charge in [-0.3, -0.25) is 4.79 Å². The van der Waals surface area contributed by atoms with Crippen molar-refractivity contribution in [2.24, 2.45) is 0 Å². The van der Waals surface area contributed by atoms with Crippen molar-refractivity contribution in [1.29, 1.82) is 5.26 Å². The highest BCUT2D eigenvalue weighted by Gasteiger charge is 2.21. The lowest BCUT2D eigenvalue weighted by Crippen LogP contribution is -2.10. The molecule has 0 spiro atoms. The number of hydrogen-bond acceptors (Lipinski definition) is 8. The first kappa shape index (κ1) is 25.7. The van der Waals surface area contributed by atoms with Crippen LogP contribution in [0.2, 0.25) is 0 Å². The summed E-state index contributed by atoms with van der Waals surface area (Å²) in [4.78, 5) is 42.0. The van der Waals surface area contributed by atoms with E-state index < -0.39 is 11.9 Å². The average Bonchev–Trinajstić information content (AvgIpc) is 3.14. The smallest absolute Gasteiger partial charge is 0.337 e. The number of benzene rings is 1. The lowest BCUT2D eigenvalue weighted by Gasteiger charge is -2.13. The van der Waals surface area contributed by atoms with Crippen LogP contribution in [0.25, 0.3) is 5.69 Å². The highest BCUT2D eigenvalue weighted by atomic mass is 32.2. The molecule has 3 rings (SSSR count). The Balaban J connectivity index is 1.98. The Morgan fingerprint density at radius 3 is 2.11 bits per heavy atom. The highest BCUT2D eigenvalue weighted by Crippen LogP contribution is 2.28. The molecule has 9 heteroatoms. The summed E-state index contributed by atoms with van der Waals surface area (Å²) in [7, 11) is 2.52. The summed E-state index contributed by atoms with van der Waals surface area (Å²) in [5.41, 5.74) is 4.86. The van der Waals surface area contributed by atoms with Gasteiger partial charge in [-0.15, -0.1) is 0 Å². The number of nitriles is 1. The number of aryl methyl sites for hydroxylation is 3. The van der Waals surface area contributed by atoms with E-state index in [1.807, 2.05) is 26.8 Å². The van der Waals surface area contributed by atoms with E-state index in [9.17, 15) is 19.6 Å². The van der Waals surface area contributed by atoms with E-state index in [0.29, 0.717) is 27.5 Å². The molecule has 0 aliphatic rings. The van der Waals surface area contributed by atoms with Crippen LogP contribution in [-0.4, -0.2) is 47.2 Å². The molecule has 0 aliphatic heterocycles. The first-order valence-corrected chi connectivity index (χ1v) is 11.6. The van der Waals surface area contributed by atoms with Gasteiger partial charge in [-0.25, -0.2) is 14.6 Å². The van der Waals surface area contributed by atoms with Crippen LogP contribution in [0.4, 0.5) is 0 Å². The van der Waals surface area contributed by atoms with Crippen molar-refractivity contribution in [1.82, 2.24) is 9.55 Å². The molecule has 0 atom stereocenters. The third-order valence-electron chi connectivity index (χ3n) is 5.51. The SMILES string of the molecule is COC(=O)c1cc(C(=O)OC)cc(-n2c(C)cc(C(=O)CSc3nc(C)cc(C)c3C#N)c2C)c1. The molecular formula is C26H25N3O5S. The first-order valence-electron chi connectivity index (χ1n) is 10.7. The van der Waals surface area contributed by atoms with Crippen LogP contribution in [0.3, 0.4) is 0 Å². The Labute approximate surface area is 207 Å². The van der Waals surface area contributed by atoms with E-state index >= 15 is 0 Å². The zero-order valence-corrected chi connectivity index (χ0v) is 21.2. The number of nitrogens with zero attached hydrogens (tertiary/aromatic N) is 3. The number of Topliss-reactive ketones (excluding diaryl/α,β-unsaturated/α-hetero) is 1. The second-order valence-electron chi connectivity index (χ2n) is 7.96. The second kappa shape index (κ2) is 10.6. The number of methoxy groups -OCH3 is 2. The lowest BCUT2D eigenvalue weighted by molar-refractivity contribution is 0.0598. The molecule has 0 aliphatic carbocycles. The third kappa shape index (κ3) is 5.28. The summed E-state index contributed by atoms with van der Waals surface area (Å²) >= 11 is 1.23. The van der Waals surface area contributed by atoms with Gasteiger partial charge in [0.2, 0.25) is 0 Å². The van der Waals surface area contributed by atoms with Crippen LogP contribution in [0, 0.1) is 39.0 Å².